The Morgan fingerprint density at radius 2 is 1.38 bits per heavy atom. The van der Waals surface area contributed by atoms with E-state index in [0.29, 0.717) is 0 Å². The van der Waals surface area contributed by atoms with E-state index < -0.39 is 30.0 Å². The predicted molar refractivity (Wildman–Crippen MR) is 39.9 cm³/mol. The minimum atomic E-state index is -6.46. The monoisotopic (exact) mass is 255 g/mol. The summed E-state index contributed by atoms with van der Waals surface area (Å²) in [5.74, 6) is -14.5. The van der Waals surface area contributed by atoms with E-state index in [9.17, 15) is 30.7 Å². The fraction of sp³-hybridized carbons (Fsp3) is 0.857. The van der Waals surface area contributed by atoms with Crippen molar-refractivity contribution in [3.63, 3.8) is 0 Å². The fourth-order valence-electron chi connectivity index (χ4n) is 0.630. The molecule has 0 aliphatic carbocycles. The first kappa shape index (κ1) is 15.0. The summed E-state index contributed by atoms with van der Waals surface area (Å²) < 4.78 is 88.7. The smallest absolute Gasteiger partial charge is 0.460 e. The first-order chi connectivity index (χ1) is 6.84. The molecule has 96 valence electrons. The van der Waals surface area contributed by atoms with Crippen molar-refractivity contribution in [2.75, 3.05) is 0 Å². The Hall–Kier alpha value is -1.02. The van der Waals surface area contributed by atoms with Gasteiger partial charge in [-0.15, -0.1) is 0 Å². The molecule has 2 nitrogen and oxygen atoms in total. The van der Waals surface area contributed by atoms with Gasteiger partial charge in [-0.25, -0.2) is 0 Å². The van der Waals surface area contributed by atoms with Gasteiger partial charge in [0.25, 0.3) is 5.90 Å². The van der Waals surface area contributed by atoms with Gasteiger partial charge in [-0.05, 0) is 13.8 Å². The zero-order valence-corrected chi connectivity index (χ0v) is 8.13. The van der Waals surface area contributed by atoms with Crippen molar-refractivity contribution < 1.29 is 35.5 Å². The third-order valence-corrected chi connectivity index (χ3v) is 1.39. The Bertz CT molecular complexity index is 270. The molecule has 0 radical (unpaired) electrons. The Labute approximate surface area is 85.9 Å². The summed E-state index contributed by atoms with van der Waals surface area (Å²) in [7, 11) is 0. The molecule has 0 amide bonds. The zero-order valence-electron chi connectivity index (χ0n) is 8.13. The largest absolute Gasteiger partial charge is 0.474 e. The molecule has 0 atom stereocenters. The van der Waals surface area contributed by atoms with Crippen LogP contribution in [0.25, 0.3) is 0 Å². The van der Waals surface area contributed by atoms with E-state index >= 15 is 0 Å². The van der Waals surface area contributed by atoms with Crippen LogP contribution in [0.2, 0.25) is 0 Å². The minimum Gasteiger partial charge on any atom is -0.474 e. The molecular formula is C7H8F7NO. The maximum Gasteiger partial charge on any atom is 0.460 e. The quantitative estimate of drug-likeness (QED) is 0.468. The van der Waals surface area contributed by atoms with Gasteiger partial charge < -0.3 is 4.74 Å². The van der Waals surface area contributed by atoms with E-state index in [4.69, 9.17) is 5.41 Å². The molecule has 0 saturated heterocycles. The van der Waals surface area contributed by atoms with Crippen LogP contribution in [0, 0.1) is 5.41 Å². The van der Waals surface area contributed by atoms with E-state index in [1.807, 2.05) is 0 Å². The number of nitrogens with one attached hydrogen (secondary N) is 1. The summed E-state index contributed by atoms with van der Waals surface area (Å²) in [5, 5.41) is 6.41. The molecule has 1 N–H and O–H groups in total. The standard InChI is InChI=1S/C7H8F7NO/c1-3(2)16-4(15)5(8,9)6(10,11)7(12,13)14/h3,15H,1-2H3. The highest BCUT2D eigenvalue weighted by Crippen LogP contribution is 2.47. The molecule has 0 saturated carbocycles. The summed E-state index contributed by atoms with van der Waals surface area (Å²) in [6, 6.07) is 0. The van der Waals surface area contributed by atoms with Gasteiger partial charge in [-0.2, -0.15) is 30.7 Å². The highest BCUT2D eigenvalue weighted by molar-refractivity contribution is 5.82. The maximum absolute atomic E-state index is 12.6. The van der Waals surface area contributed by atoms with Gasteiger partial charge in [-0.3, -0.25) is 5.41 Å². The molecule has 0 aromatic rings. The lowest BCUT2D eigenvalue weighted by atomic mass is 10.1. The third-order valence-electron chi connectivity index (χ3n) is 1.39. The number of ether oxygens (including phenoxy) is 1. The van der Waals surface area contributed by atoms with Gasteiger partial charge >= 0.3 is 18.0 Å². The molecule has 16 heavy (non-hydrogen) atoms. The van der Waals surface area contributed by atoms with Crippen LogP contribution in [-0.2, 0) is 4.74 Å². The Morgan fingerprint density at radius 1 is 1.00 bits per heavy atom. The molecule has 0 heterocycles. The molecule has 0 unspecified atom stereocenters. The van der Waals surface area contributed by atoms with Gasteiger partial charge in [0, 0.05) is 0 Å². The summed E-state index contributed by atoms with van der Waals surface area (Å²) in [4.78, 5) is 0. The van der Waals surface area contributed by atoms with E-state index in [0.717, 1.165) is 13.8 Å². The molecule has 0 aliphatic heterocycles. The van der Waals surface area contributed by atoms with Crippen molar-refractivity contribution in [2.24, 2.45) is 0 Å². The number of rotatable bonds is 3. The van der Waals surface area contributed by atoms with Crippen molar-refractivity contribution in [2.45, 2.75) is 38.0 Å². The summed E-state index contributed by atoms with van der Waals surface area (Å²) >= 11 is 0. The van der Waals surface area contributed by atoms with Crippen LogP contribution < -0.4 is 0 Å². The highest BCUT2D eigenvalue weighted by atomic mass is 19.4. The van der Waals surface area contributed by atoms with Gasteiger partial charge in [0.05, 0.1) is 6.10 Å². The number of hydrogen-bond acceptors (Lipinski definition) is 2. The van der Waals surface area contributed by atoms with Crippen molar-refractivity contribution in [1.29, 1.82) is 5.41 Å². The average Bonchev–Trinajstić information content (AvgIpc) is 2.00. The minimum absolute atomic E-state index is 1.11. The Morgan fingerprint density at radius 3 is 1.62 bits per heavy atom. The number of halogens is 7. The van der Waals surface area contributed by atoms with Gasteiger partial charge in [0.2, 0.25) is 0 Å². The van der Waals surface area contributed by atoms with Crippen LogP contribution in [0.4, 0.5) is 30.7 Å². The van der Waals surface area contributed by atoms with E-state index in [-0.39, 0.29) is 0 Å². The van der Waals surface area contributed by atoms with Crippen molar-refractivity contribution in [1.82, 2.24) is 0 Å². The van der Waals surface area contributed by atoms with Gasteiger partial charge in [0.1, 0.15) is 0 Å². The van der Waals surface area contributed by atoms with Crippen molar-refractivity contribution in [3.8, 4) is 0 Å². The molecule has 0 aromatic heterocycles. The topological polar surface area (TPSA) is 33.1 Å². The first-order valence-electron chi connectivity index (χ1n) is 3.92. The van der Waals surface area contributed by atoms with Crippen LogP contribution >= 0.6 is 0 Å². The van der Waals surface area contributed by atoms with Crippen molar-refractivity contribution in [3.05, 3.63) is 0 Å². The average molecular weight is 255 g/mol. The lowest BCUT2D eigenvalue weighted by Crippen LogP contribution is -2.56. The summed E-state index contributed by atoms with van der Waals surface area (Å²) in [6.45, 7) is 2.21. The second kappa shape index (κ2) is 4.10. The Kier molecular flexibility index (Phi) is 3.83. The molecule has 0 fully saturated rings. The second-order valence-electron chi connectivity index (χ2n) is 3.14. The number of alkyl halides is 7. The molecule has 9 heteroatoms. The molecule has 0 bridgehead atoms. The first-order valence-corrected chi connectivity index (χ1v) is 3.92. The van der Waals surface area contributed by atoms with Gasteiger partial charge in [-0.1, -0.05) is 0 Å². The number of hydrogen-bond donors (Lipinski definition) is 1. The van der Waals surface area contributed by atoms with Crippen LogP contribution in [0.5, 0.6) is 0 Å². The normalized spacial score (nSPS) is 14.1. The van der Waals surface area contributed by atoms with E-state index in [2.05, 4.69) is 4.74 Å². The zero-order chi connectivity index (χ0) is 13.4. The summed E-state index contributed by atoms with van der Waals surface area (Å²) in [6.07, 6.45) is -7.56. The van der Waals surface area contributed by atoms with Crippen LogP contribution in [0.3, 0.4) is 0 Å². The lowest BCUT2D eigenvalue weighted by Gasteiger charge is -2.28. The van der Waals surface area contributed by atoms with E-state index in [1.165, 1.54) is 0 Å². The third kappa shape index (κ3) is 2.56. The predicted octanol–water partition coefficient (Wildman–Crippen LogP) is 3.22. The van der Waals surface area contributed by atoms with E-state index in [1.54, 1.807) is 0 Å². The second-order valence-corrected chi connectivity index (χ2v) is 3.14. The molecule has 0 aliphatic rings. The molecule has 0 spiro atoms. The highest BCUT2D eigenvalue weighted by Gasteiger charge is 2.75. The van der Waals surface area contributed by atoms with Gasteiger partial charge in [0.15, 0.2) is 0 Å². The molecule has 0 rings (SSSR count). The Balaban J connectivity index is 5.12. The van der Waals surface area contributed by atoms with Crippen LogP contribution in [0.15, 0.2) is 0 Å². The summed E-state index contributed by atoms with van der Waals surface area (Å²) in [5.41, 5.74) is 0. The molecular weight excluding hydrogens is 247 g/mol. The molecule has 0 aromatic carbocycles. The van der Waals surface area contributed by atoms with Crippen molar-refractivity contribution >= 4 is 5.90 Å². The fourth-order valence-corrected chi connectivity index (χ4v) is 0.630. The lowest BCUT2D eigenvalue weighted by molar-refractivity contribution is -0.339. The maximum atomic E-state index is 12.6. The van der Waals surface area contributed by atoms with Crippen LogP contribution in [-0.4, -0.2) is 30.0 Å². The SMILES string of the molecule is CC(C)OC(=N)C(F)(F)C(F)(F)C(F)(F)F. The van der Waals surface area contributed by atoms with Crippen LogP contribution in [0.1, 0.15) is 13.8 Å².